The van der Waals surface area contributed by atoms with Gasteiger partial charge in [0.1, 0.15) is 5.75 Å². The zero-order chi connectivity index (χ0) is 14.5. The summed E-state index contributed by atoms with van der Waals surface area (Å²) < 4.78 is 0. The summed E-state index contributed by atoms with van der Waals surface area (Å²) in [5, 5.41) is 14.7. The number of carbonyl (C=O) groups excluding carboxylic acids is 2. The molecule has 0 saturated heterocycles. The molecule has 20 heavy (non-hydrogen) atoms. The molecule has 0 spiro atoms. The Kier molecular flexibility index (Phi) is 3.85. The van der Waals surface area contributed by atoms with Crippen molar-refractivity contribution in [2.75, 3.05) is 10.6 Å². The van der Waals surface area contributed by atoms with Crippen LogP contribution in [-0.4, -0.2) is 17.0 Å². The molecule has 0 aliphatic rings. The first-order valence-corrected chi connectivity index (χ1v) is 5.83. The number of amides is 3. The monoisotopic (exact) mass is 271 g/mol. The normalized spacial score (nSPS) is 9.80. The lowest BCUT2D eigenvalue weighted by Crippen LogP contribution is -2.22. The number of aromatic hydroxyl groups is 1. The highest BCUT2D eigenvalue weighted by molar-refractivity contribution is 6.07. The summed E-state index contributed by atoms with van der Waals surface area (Å²) in [7, 11) is 0. The molecule has 3 amide bonds. The minimum Gasteiger partial charge on any atom is -0.506 e. The summed E-state index contributed by atoms with van der Waals surface area (Å²) in [6.07, 6.45) is 0. The van der Waals surface area contributed by atoms with Crippen molar-refractivity contribution >= 4 is 23.3 Å². The van der Waals surface area contributed by atoms with E-state index in [1.807, 2.05) is 6.07 Å². The molecule has 0 unspecified atom stereocenters. The van der Waals surface area contributed by atoms with E-state index in [4.69, 9.17) is 5.73 Å². The number of anilines is 2. The zero-order valence-electron chi connectivity index (χ0n) is 10.5. The number of urea groups is 1. The van der Waals surface area contributed by atoms with Gasteiger partial charge in [-0.25, -0.2) is 4.79 Å². The average molecular weight is 271 g/mol. The van der Waals surface area contributed by atoms with Gasteiger partial charge in [0, 0.05) is 5.69 Å². The van der Waals surface area contributed by atoms with Crippen molar-refractivity contribution in [1.29, 1.82) is 0 Å². The molecule has 0 aromatic heterocycles. The number of primary amides is 1. The Labute approximate surface area is 115 Å². The second kappa shape index (κ2) is 5.75. The molecule has 0 fully saturated rings. The van der Waals surface area contributed by atoms with Crippen molar-refractivity contribution in [3.05, 3.63) is 54.1 Å². The van der Waals surface area contributed by atoms with Crippen LogP contribution in [0.5, 0.6) is 5.75 Å². The Morgan fingerprint density at radius 1 is 0.950 bits per heavy atom. The van der Waals surface area contributed by atoms with Gasteiger partial charge < -0.3 is 21.5 Å². The van der Waals surface area contributed by atoms with Crippen LogP contribution in [-0.2, 0) is 0 Å². The maximum Gasteiger partial charge on any atom is 0.323 e. The van der Waals surface area contributed by atoms with Crippen LogP contribution in [0.3, 0.4) is 0 Å². The standard InChI is InChI=1S/C14H13N3O3/c15-13(19)10-7-4-8-11(18)12(10)17-14(20)16-9-5-2-1-3-6-9/h1-8,18H,(H2,15,19)(H2,16,17,20). The van der Waals surface area contributed by atoms with E-state index < -0.39 is 11.9 Å². The van der Waals surface area contributed by atoms with Crippen molar-refractivity contribution < 1.29 is 14.7 Å². The van der Waals surface area contributed by atoms with Crippen LogP contribution < -0.4 is 16.4 Å². The third-order valence-electron chi connectivity index (χ3n) is 2.58. The number of benzene rings is 2. The number of carbonyl (C=O) groups is 2. The number of phenols is 1. The van der Waals surface area contributed by atoms with Gasteiger partial charge in [-0.2, -0.15) is 0 Å². The summed E-state index contributed by atoms with van der Waals surface area (Å²) >= 11 is 0. The number of phenolic OH excluding ortho intramolecular Hbond substituents is 1. The zero-order valence-corrected chi connectivity index (χ0v) is 10.5. The maximum absolute atomic E-state index is 11.8. The van der Waals surface area contributed by atoms with Gasteiger partial charge in [0.2, 0.25) is 0 Å². The molecule has 102 valence electrons. The van der Waals surface area contributed by atoms with E-state index in [0.717, 1.165) is 0 Å². The minimum atomic E-state index is -0.740. The van der Waals surface area contributed by atoms with Crippen LogP contribution in [0.2, 0.25) is 0 Å². The Morgan fingerprint density at radius 2 is 1.65 bits per heavy atom. The van der Waals surface area contributed by atoms with Gasteiger partial charge in [0.15, 0.2) is 0 Å². The molecule has 0 aliphatic heterocycles. The van der Waals surface area contributed by atoms with Gasteiger partial charge in [-0.05, 0) is 24.3 Å². The second-order valence-electron chi connectivity index (χ2n) is 4.01. The summed E-state index contributed by atoms with van der Waals surface area (Å²) in [5.74, 6) is -0.972. The van der Waals surface area contributed by atoms with Crippen LogP contribution in [0.4, 0.5) is 16.2 Å². The molecule has 2 aromatic carbocycles. The fourth-order valence-corrected chi connectivity index (χ4v) is 1.67. The summed E-state index contributed by atoms with van der Waals surface area (Å²) in [6.45, 7) is 0. The Hall–Kier alpha value is -3.02. The predicted molar refractivity (Wildman–Crippen MR) is 75.7 cm³/mol. The van der Waals surface area contributed by atoms with Gasteiger partial charge in [0.25, 0.3) is 5.91 Å². The Balaban J connectivity index is 2.18. The number of para-hydroxylation sites is 2. The minimum absolute atomic E-state index is 0.0200. The molecular weight excluding hydrogens is 258 g/mol. The van der Waals surface area contributed by atoms with Crippen molar-refractivity contribution in [2.24, 2.45) is 5.73 Å². The van der Waals surface area contributed by atoms with E-state index in [1.54, 1.807) is 24.3 Å². The number of hydrogen-bond acceptors (Lipinski definition) is 3. The fourth-order valence-electron chi connectivity index (χ4n) is 1.67. The molecule has 0 heterocycles. The molecule has 0 aliphatic carbocycles. The maximum atomic E-state index is 11.8. The lowest BCUT2D eigenvalue weighted by Gasteiger charge is -2.11. The molecule has 6 nitrogen and oxygen atoms in total. The van der Waals surface area contributed by atoms with Crippen LogP contribution in [0, 0.1) is 0 Å². The molecule has 0 bridgehead atoms. The molecule has 5 N–H and O–H groups in total. The molecule has 0 radical (unpaired) electrons. The molecule has 2 aromatic rings. The lowest BCUT2D eigenvalue weighted by atomic mass is 10.1. The van der Waals surface area contributed by atoms with E-state index in [2.05, 4.69) is 10.6 Å². The average Bonchev–Trinajstić information content (AvgIpc) is 2.42. The topological polar surface area (TPSA) is 104 Å². The molecule has 0 atom stereocenters. The number of nitrogens with two attached hydrogens (primary N) is 1. The van der Waals surface area contributed by atoms with E-state index in [-0.39, 0.29) is 17.0 Å². The molecule has 6 heteroatoms. The third-order valence-corrected chi connectivity index (χ3v) is 2.58. The van der Waals surface area contributed by atoms with Crippen molar-refractivity contribution in [1.82, 2.24) is 0 Å². The highest BCUT2D eigenvalue weighted by Crippen LogP contribution is 2.27. The summed E-state index contributed by atoms with van der Waals surface area (Å²) in [4.78, 5) is 23.1. The summed E-state index contributed by atoms with van der Waals surface area (Å²) in [5.41, 5.74) is 5.79. The first-order chi connectivity index (χ1) is 9.58. The quantitative estimate of drug-likeness (QED) is 0.643. The Bertz CT molecular complexity index is 641. The van der Waals surface area contributed by atoms with Gasteiger partial charge in [-0.15, -0.1) is 0 Å². The van der Waals surface area contributed by atoms with Crippen LogP contribution in [0.25, 0.3) is 0 Å². The summed E-state index contributed by atoms with van der Waals surface area (Å²) in [6, 6.07) is 12.4. The number of nitrogens with one attached hydrogen (secondary N) is 2. The van der Waals surface area contributed by atoms with Crippen molar-refractivity contribution in [3.63, 3.8) is 0 Å². The Morgan fingerprint density at radius 3 is 2.30 bits per heavy atom. The second-order valence-corrected chi connectivity index (χ2v) is 4.01. The highest BCUT2D eigenvalue weighted by atomic mass is 16.3. The first kappa shape index (κ1) is 13.4. The SMILES string of the molecule is NC(=O)c1cccc(O)c1NC(=O)Nc1ccccc1. The third kappa shape index (κ3) is 3.05. The van der Waals surface area contributed by atoms with Crippen LogP contribution in [0.1, 0.15) is 10.4 Å². The largest absolute Gasteiger partial charge is 0.506 e. The number of rotatable bonds is 3. The van der Waals surface area contributed by atoms with Gasteiger partial charge in [-0.3, -0.25) is 4.79 Å². The van der Waals surface area contributed by atoms with Crippen molar-refractivity contribution in [3.8, 4) is 5.75 Å². The van der Waals surface area contributed by atoms with Gasteiger partial charge in [0.05, 0.1) is 11.3 Å². The predicted octanol–water partition coefficient (Wildman–Crippen LogP) is 2.14. The number of hydrogen-bond donors (Lipinski definition) is 4. The van der Waals surface area contributed by atoms with E-state index in [0.29, 0.717) is 5.69 Å². The smallest absolute Gasteiger partial charge is 0.323 e. The highest BCUT2D eigenvalue weighted by Gasteiger charge is 2.14. The van der Waals surface area contributed by atoms with Crippen LogP contribution >= 0.6 is 0 Å². The van der Waals surface area contributed by atoms with E-state index in [9.17, 15) is 14.7 Å². The molecule has 2 rings (SSSR count). The van der Waals surface area contributed by atoms with Crippen LogP contribution in [0.15, 0.2) is 48.5 Å². The lowest BCUT2D eigenvalue weighted by molar-refractivity contribution is 0.100. The molecule has 0 saturated carbocycles. The molecular formula is C14H13N3O3. The van der Waals surface area contributed by atoms with Gasteiger partial charge in [-0.1, -0.05) is 24.3 Å². The van der Waals surface area contributed by atoms with Gasteiger partial charge >= 0.3 is 6.03 Å². The fraction of sp³-hybridized carbons (Fsp3) is 0. The van der Waals surface area contributed by atoms with E-state index in [1.165, 1.54) is 18.2 Å². The first-order valence-electron chi connectivity index (χ1n) is 5.83. The van der Waals surface area contributed by atoms with E-state index >= 15 is 0 Å². The van der Waals surface area contributed by atoms with Crippen molar-refractivity contribution in [2.45, 2.75) is 0 Å².